The van der Waals surface area contributed by atoms with E-state index in [2.05, 4.69) is 10.6 Å². The zero-order valence-corrected chi connectivity index (χ0v) is 11.6. The number of benzene rings is 1. The standard InChI is InChI=1S/C13H19N3O4/c1-3-14-11-6-5-10(9-12(11)16(18)19)13(17)15-7-4-8-20-2/h5-6,9,14H,3-4,7-8H2,1-2H3,(H,15,17). The Hall–Kier alpha value is -2.15. The summed E-state index contributed by atoms with van der Waals surface area (Å²) in [6, 6.07) is 4.39. The Labute approximate surface area is 117 Å². The van der Waals surface area contributed by atoms with Crippen LogP contribution in [-0.2, 0) is 4.74 Å². The van der Waals surface area contributed by atoms with Crippen molar-refractivity contribution >= 4 is 17.3 Å². The number of carbonyl (C=O) groups is 1. The fraction of sp³-hybridized carbons (Fsp3) is 0.462. The number of rotatable bonds is 8. The molecule has 0 atom stereocenters. The predicted octanol–water partition coefficient (Wildman–Crippen LogP) is 1.79. The van der Waals surface area contributed by atoms with Gasteiger partial charge in [0, 0.05) is 38.4 Å². The molecule has 0 aromatic heterocycles. The highest BCUT2D eigenvalue weighted by molar-refractivity contribution is 5.95. The molecule has 0 unspecified atom stereocenters. The second kappa shape index (κ2) is 8.11. The maximum Gasteiger partial charge on any atom is 0.293 e. The topological polar surface area (TPSA) is 93.5 Å². The van der Waals surface area contributed by atoms with Crippen LogP contribution in [0.15, 0.2) is 18.2 Å². The molecule has 1 aromatic rings. The van der Waals surface area contributed by atoms with Crippen molar-refractivity contribution in [2.45, 2.75) is 13.3 Å². The number of nitrogens with zero attached hydrogens (tertiary/aromatic N) is 1. The van der Waals surface area contributed by atoms with Crippen LogP contribution in [0.5, 0.6) is 0 Å². The first-order valence-corrected chi connectivity index (χ1v) is 6.39. The Kier molecular flexibility index (Phi) is 6.45. The largest absolute Gasteiger partial charge is 0.385 e. The van der Waals surface area contributed by atoms with Crippen LogP contribution in [0.3, 0.4) is 0 Å². The van der Waals surface area contributed by atoms with Gasteiger partial charge in [-0.15, -0.1) is 0 Å². The molecule has 7 heteroatoms. The summed E-state index contributed by atoms with van der Waals surface area (Å²) in [4.78, 5) is 22.3. The van der Waals surface area contributed by atoms with Crippen molar-refractivity contribution in [3.63, 3.8) is 0 Å². The SMILES string of the molecule is CCNc1ccc(C(=O)NCCCOC)cc1[N+](=O)[O-]. The molecule has 0 aliphatic heterocycles. The number of anilines is 1. The smallest absolute Gasteiger partial charge is 0.293 e. The van der Waals surface area contributed by atoms with E-state index in [1.54, 1.807) is 19.2 Å². The molecule has 0 spiro atoms. The Morgan fingerprint density at radius 1 is 1.45 bits per heavy atom. The second-order valence-electron chi connectivity index (χ2n) is 4.12. The summed E-state index contributed by atoms with van der Waals surface area (Å²) in [6.45, 7) is 3.44. The Morgan fingerprint density at radius 3 is 2.80 bits per heavy atom. The fourth-order valence-electron chi connectivity index (χ4n) is 1.68. The number of amides is 1. The molecule has 0 radical (unpaired) electrons. The maximum atomic E-state index is 11.9. The molecule has 2 N–H and O–H groups in total. The predicted molar refractivity (Wildman–Crippen MR) is 76.1 cm³/mol. The summed E-state index contributed by atoms with van der Waals surface area (Å²) in [5, 5.41) is 16.6. The lowest BCUT2D eigenvalue weighted by molar-refractivity contribution is -0.384. The van der Waals surface area contributed by atoms with Gasteiger partial charge in [0.05, 0.1) is 4.92 Å². The van der Waals surface area contributed by atoms with Gasteiger partial charge in [0.2, 0.25) is 0 Å². The molecule has 0 saturated carbocycles. The quantitative estimate of drug-likeness (QED) is 0.430. The summed E-state index contributed by atoms with van der Waals surface area (Å²) in [5.74, 6) is -0.327. The molecule has 0 fully saturated rings. The molecule has 7 nitrogen and oxygen atoms in total. The van der Waals surface area contributed by atoms with E-state index in [0.717, 1.165) is 0 Å². The monoisotopic (exact) mass is 281 g/mol. The number of ether oxygens (including phenoxy) is 1. The van der Waals surface area contributed by atoms with Crippen LogP contribution in [0.1, 0.15) is 23.7 Å². The van der Waals surface area contributed by atoms with Crippen molar-refractivity contribution < 1.29 is 14.5 Å². The van der Waals surface area contributed by atoms with Gasteiger partial charge >= 0.3 is 0 Å². The van der Waals surface area contributed by atoms with Gasteiger partial charge in [-0.1, -0.05) is 0 Å². The van der Waals surface area contributed by atoms with E-state index in [-0.39, 0.29) is 17.2 Å². The van der Waals surface area contributed by atoms with Crippen molar-refractivity contribution in [1.82, 2.24) is 5.32 Å². The summed E-state index contributed by atoms with van der Waals surface area (Å²) in [7, 11) is 1.59. The normalized spacial score (nSPS) is 10.1. The van der Waals surface area contributed by atoms with Gasteiger partial charge in [-0.2, -0.15) is 0 Å². The molecule has 110 valence electrons. The van der Waals surface area contributed by atoms with E-state index in [1.165, 1.54) is 6.07 Å². The van der Waals surface area contributed by atoms with Crippen molar-refractivity contribution in [2.24, 2.45) is 0 Å². The molecule has 0 aliphatic rings. The van der Waals surface area contributed by atoms with E-state index < -0.39 is 4.92 Å². The molecular weight excluding hydrogens is 262 g/mol. The molecule has 0 bridgehead atoms. The molecule has 0 saturated heterocycles. The van der Waals surface area contributed by atoms with Crippen LogP contribution in [0.2, 0.25) is 0 Å². The third-order valence-corrected chi connectivity index (χ3v) is 2.63. The van der Waals surface area contributed by atoms with Gasteiger partial charge < -0.3 is 15.4 Å². The lowest BCUT2D eigenvalue weighted by atomic mass is 10.1. The number of carbonyl (C=O) groups excluding carboxylic acids is 1. The minimum atomic E-state index is -0.500. The number of nitro benzene ring substituents is 1. The number of nitrogens with one attached hydrogen (secondary N) is 2. The number of hydrogen-bond acceptors (Lipinski definition) is 5. The van der Waals surface area contributed by atoms with Crippen LogP contribution in [-0.4, -0.2) is 37.6 Å². The Bertz CT molecular complexity index is 477. The van der Waals surface area contributed by atoms with Crippen molar-refractivity contribution in [2.75, 3.05) is 32.1 Å². The van der Waals surface area contributed by atoms with Gasteiger partial charge in [0.1, 0.15) is 5.69 Å². The maximum absolute atomic E-state index is 11.9. The van der Waals surface area contributed by atoms with Crippen LogP contribution in [0.4, 0.5) is 11.4 Å². The van der Waals surface area contributed by atoms with Crippen molar-refractivity contribution in [1.29, 1.82) is 0 Å². The third-order valence-electron chi connectivity index (χ3n) is 2.63. The average Bonchev–Trinajstić information content (AvgIpc) is 2.44. The molecule has 1 amide bonds. The van der Waals surface area contributed by atoms with Gasteiger partial charge in [-0.3, -0.25) is 14.9 Å². The number of nitro groups is 1. The summed E-state index contributed by atoms with van der Waals surface area (Å²) in [5.41, 5.74) is 0.584. The zero-order valence-electron chi connectivity index (χ0n) is 11.6. The summed E-state index contributed by atoms with van der Waals surface area (Å²) in [6.07, 6.45) is 0.694. The first kappa shape index (κ1) is 15.9. The average molecular weight is 281 g/mol. The third kappa shape index (κ3) is 4.51. The highest BCUT2D eigenvalue weighted by atomic mass is 16.6. The molecule has 1 rings (SSSR count). The first-order valence-electron chi connectivity index (χ1n) is 6.39. The lowest BCUT2D eigenvalue weighted by Gasteiger charge is -2.08. The van der Waals surface area contributed by atoms with E-state index >= 15 is 0 Å². The Morgan fingerprint density at radius 2 is 2.20 bits per heavy atom. The fourth-order valence-corrected chi connectivity index (χ4v) is 1.68. The van der Waals surface area contributed by atoms with Gasteiger partial charge in [0.25, 0.3) is 11.6 Å². The van der Waals surface area contributed by atoms with E-state index in [1.807, 2.05) is 6.92 Å². The van der Waals surface area contributed by atoms with Gasteiger partial charge in [-0.25, -0.2) is 0 Å². The molecule has 0 aliphatic carbocycles. The van der Waals surface area contributed by atoms with Crippen molar-refractivity contribution in [3.05, 3.63) is 33.9 Å². The van der Waals surface area contributed by atoms with Crippen LogP contribution in [0.25, 0.3) is 0 Å². The molecular formula is C13H19N3O4. The van der Waals surface area contributed by atoms with Crippen LogP contribution < -0.4 is 10.6 Å². The van der Waals surface area contributed by atoms with Gasteiger partial charge in [0.15, 0.2) is 0 Å². The Balaban J connectivity index is 2.78. The highest BCUT2D eigenvalue weighted by Gasteiger charge is 2.16. The second-order valence-corrected chi connectivity index (χ2v) is 4.12. The van der Waals surface area contributed by atoms with E-state index in [4.69, 9.17) is 4.74 Å². The molecule has 20 heavy (non-hydrogen) atoms. The molecule has 1 aromatic carbocycles. The van der Waals surface area contributed by atoms with E-state index in [0.29, 0.717) is 31.8 Å². The van der Waals surface area contributed by atoms with E-state index in [9.17, 15) is 14.9 Å². The highest BCUT2D eigenvalue weighted by Crippen LogP contribution is 2.25. The lowest BCUT2D eigenvalue weighted by Crippen LogP contribution is -2.25. The number of hydrogen-bond donors (Lipinski definition) is 2. The zero-order chi connectivity index (χ0) is 15.0. The summed E-state index contributed by atoms with van der Waals surface area (Å²) >= 11 is 0. The number of methoxy groups -OCH3 is 1. The summed E-state index contributed by atoms with van der Waals surface area (Å²) < 4.78 is 4.87. The first-order chi connectivity index (χ1) is 9.60. The van der Waals surface area contributed by atoms with Gasteiger partial charge in [-0.05, 0) is 25.5 Å². The van der Waals surface area contributed by atoms with Crippen LogP contribution >= 0.6 is 0 Å². The molecule has 0 heterocycles. The van der Waals surface area contributed by atoms with Crippen molar-refractivity contribution in [3.8, 4) is 0 Å². The van der Waals surface area contributed by atoms with Crippen LogP contribution in [0, 0.1) is 10.1 Å². The minimum Gasteiger partial charge on any atom is -0.385 e. The minimum absolute atomic E-state index is 0.101.